The Bertz CT molecular complexity index is 472. The fourth-order valence-corrected chi connectivity index (χ4v) is 1.10. The lowest BCUT2D eigenvalue weighted by Crippen LogP contribution is -2.37. The molecular weight excluding hydrogens is 254 g/mol. The van der Waals surface area contributed by atoms with Crippen molar-refractivity contribution in [3.63, 3.8) is 0 Å². The molecular formula is C11H13N3O5. The number of carboxylic acid groups (broad SMARTS) is 1. The molecule has 0 aliphatic rings. The Morgan fingerprint density at radius 3 is 2.63 bits per heavy atom. The summed E-state index contributed by atoms with van der Waals surface area (Å²) in [5, 5.41) is 12.7. The standard InChI is InChI=1S/C11H13N3O5/c1-7-2-3-8(4-12-7)13-11(18)14-9(15)5-19-6-10(16)17/h2-4H,5-6H2,1H3,(H,16,17)(H2,13,14,15,18). The summed E-state index contributed by atoms with van der Waals surface area (Å²) in [6, 6.07) is 2.59. The smallest absolute Gasteiger partial charge is 0.329 e. The van der Waals surface area contributed by atoms with Gasteiger partial charge in [0.1, 0.15) is 13.2 Å². The average Bonchev–Trinajstić information content (AvgIpc) is 2.31. The van der Waals surface area contributed by atoms with Gasteiger partial charge in [-0.3, -0.25) is 15.1 Å². The van der Waals surface area contributed by atoms with Gasteiger partial charge >= 0.3 is 12.0 Å². The van der Waals surface area contributed by atoms with Crippen molar-refractivity contribution in [1.29, 1.82) is 0 Å². The zero-order valence-electron chi connectivity index (χ0n) is 10.2. The zero-order chi connectivity index (χ0) is 14.3. The number of hydrogen-bond donors (Lipinski definition) is 3. The number of carbonyl (C=O) groups excluding carboxylic acids is 2. The van der Waals surface area contributed by atoms with Crippen LogP contribution in [-0.2, 0) is 14.3 Å². The minimum absolute atomic E-state index is 0.433. The number of ether oxygens (including phenoxy) is 1. The second kappa shape index (κ2) is 7.07. The molecule has 8 heteroatoms. The van der Waals surface area contributed by atoms with Crippen LogP contribution in [0.5, 0.6) is 0 Å². The van der Waals surface area contributed by atoms with E-state index < -0.39 is 31.1 Å². The third kappa shape index (κ3) is 6.13. The van der Waals surface area contributed by atoms with Crippen molar-refractivity contribution in [3.05, 3.63) is 24.0 Å². The summed E-state index contributed by atoms with van der Waals surface area (Å²) in [7, 11) is 0. The zero-order valence-corrected chi connectivity index (χ0v) is 10.2. The number of nitrogens with one attached hydrogen (secondary N) is 2. The Balaban J connectivity index is 2.32. The van der Waals surface area contributed by atoms with Crippen LogP contribution < -0.4 is 10.6 Å². The summed E-state index contributed by atoms with van der Waals surface area (Å²) in [6.07, 6.45) is 1.44. The number of urea groups is 1. The molecule has 1 rings (SSSR count). The first-order valence-corrected chi connectivity index (χ1v) is 5.30. The quantitative estimate of drug-likeness (QED) is 0.698. The molecule has 0 aromatic carbocycles. The number of rotatable bonds is 5. The van der Waals surface area contributed by atoms with E-state index >= 15 is 0 Å². The Morgan fingerprint density at radius 1 is 1.32 bits per heavy atom. The number of anilines is 1. The molecule has 0 unspecified atom stereocenters. The summed E-state index contributed by atoms with van der Waals surface area (Å²) in [4.78, 5) is 36.6. The van der Waals surface area contributed by atoms with Gasteiger partial charge in [0.05, 0.1) is 11.9 Å². The molecule has 0 radical (unpaired) electrons. The van der Waals surface area contributed by atoms with Gasteiger partial charge in [0.2, 0.25) is 0 Å². The first-order chi connectivity index (χ1) is 8.97. The highest BCUT2D eigenvalue weighted by molar-refractivity contribution is 6.01. The maximum atomic E-state index is 11.4. The predicted molar refractivity (Wildman–Crippen MR) is 64.6 cm³/mol. The van der Waals surface area contributed by atoms with Gasteiger partial charge in [0.15, 0.2) is 0 Å². The van der Waals surface area contributed by atoms with E-state index in [1.54, 1.807) is 19.1 Å². The topological polar surface area (TPSA) is 118 Å². The molecule has 0 aliphatic heterocycles. The number of imide groups is 1. The van der Waals surface area contributed by atoms with E-state index in [0.717, 1.165) is 5.69 Å². The van der Waals surface area contributed by atoms with E-state index in [1.807, 2.05) is 5.32 Å². The minimum atomic E-state index is -1.19. The van der Waals surface area contributed by atoms with Crippen molar-refractivity contribution in [2.45, 2.75) is 6.92 Å². The summed E-state index contributed by atoms with van der Waals surface area (Å²) in [5.74, 6) is -1.93. The van der Waals surface area contributed by atoms with Crippen molar-refractivity contribution in [2.75, 3.05) is 18.5 Å². The first kappa shape index (κ1) is 14.6. The number of carboxylic acids is 1. The SMILES string of the molecule is Cc1ccc(NC(=O)NC(=O)COCC(=O)O)cn1. The van der Waals surface area contributed by atoms with Gasteiger partial charge in [-0.1, -0.05) is 0 Å². The molecule has 0 saturated carbocycles. The third-order valence-corrected chi connectivity index (χ3v) is 1.88. The van der Waals surface area contributed by atoms with Gasteiger partial charge in [-0.05, 0) is 19.1 Å². The first-order valence-electron chi connectivity index (χ1n) is 5.30. The summed E-state index contributed by atoms with van der Waals surface area (Å²) in [6.45, 7) is 0.690. The molecule has 1 aromatic heterocycles. The Labute approximate surface area is 108 Å². The predicted octanol–water partition coefficient (Wildman–Crippen LogP) is 0.139. The highest BCUT2D eigenvalue weighted by Gasteiger charge is 2.09. The number of pyridine rings is 1. The van der Waals surface area contributed by atoms with Crippen molar-refractivity contribution < 1.29 is 24.2 Å². The van der Waals surface area contributed by atoms with Gasteiger partial charge in [-0.2, -0.15) is 0 Å². The lowest BCUT2D eigenvalue weighted by molar-refractivity contribution is -0.143. The van der Waals surface area contributed by atoms with E-state index in [1.165, 1.54) is 6.20 Å². The largest absolute Gasteiger partial charge is 0.480 e. The van der Waals surface area contributed by atoms with E-state index in [-0.39, 0.29) is 0 Å². The van der Waals surface area contributed by atoms with Crippen LogP contribution in [0.15, 0.2) is 18.3 Å². The van der Waals surface area contributed by atoms with Crippen molar-refractivity contribution in [1.82, 2.24) is 10.3 Å². The highest BCUT2D eigenvalue weighted by atomic mass is 16.5. The molecule has 0 saturated heterocycles. The molecule has 1 heterocycles. The monoisotopic (exact) mass is 267 g/mol. The Morgan fingerprint density at radius 2 is 2.05 bits per heavy atom. The summed E-state index contributed by atoms with van der Waals surface area (Å²) >= 11 is 0. The van der Waals surface area contributed by atoms with Crippen LogP contribution in [0.3, 0.4) is 0 Å². The molecule has 3 N–H and O–H groups in total. The normalized spacial score (nSPS) is 9.74. The van der Waals surface area contributed by atoms with Crippen molar-refractivity contribution >= 4 is 23.6 Å². The lowest BCUT2D eigenvalue weighted by Gasteiger charge is -2.06. The second-order valence-electron chi connectivity index (χ2n) is 3.58. The lowest BCUT2D eigenvalue weighted by atomic mass is 10.3. The van der Waals surface area contributed by atoms with Crippen LogP contribution in [0.1, 0.15) is 5.69 Å². The van der Waals surface area contributed by atoms with Gasteiger partial charge in [-0.15, -0.1) is 0 Å². The molecule has 3 amide bonds. The summed E-state index contributed by atoms with van der Waals surface area (Å²) in [5.41, 5.74) is 1.23. The molecule has 0 atom stereocenters. The van der Waals surface area contributed by atoms with Crippen LogP contribution in [0.4, 0.5) is 10.5 Å². The number of amides is 3. The molecule has 1 aromatic rings. The van der Waals surface area contributed by atoms with Crippen molar-refractivity contribution in [2.24, 2.45) is 0 Å². The van der Waals surface area contributed by atoms with E-state index in [0.29, 0.717) is 5.69 Å². The van der Waals surface area contributed by atoms with E-state index in [4.69, 9.17) is 5.11 Å². The Kier molecular flexibility index (Phi) is 5.42. The van der Waals surface area contributed by atoms with Gasteiger partial charge in [-0.25, -0.2) is 9.59 Å². The third-order valence-electron chi connectivity index (χ3n) is 1.88. The number of hydrogen-bond acceptors (Lipinski definition) is 5. The summed E-state index contributed by atoms with van der Waals surface area (Å²) < 4.78 is 4.52. The number of nitrogens with zero attached hydrogens (tertiary/aromatic N) is 1. The molecule has 8 nitrogen and oxygen atoms in total. The fraction of sp³-hybridized carbons (Fsp3) is 0.273. The minimum Gasteiger partial charge on any atom is -0.480 e. The highest BCUT2D eigenvalue weighted by Crippen LogP contribution is 2.04. The van der Waals surface area contributed by atoms with E-state index in [9.17, 15) is 14.4 Å². The molecule has 0 spiro atoms. The molecule has 0 bridgehead atoms. The fourth-order valence-electron chi connectivity index (χ4n) is 1.10. The van der Waals surface area contributed by atoms with Gasteiger partial charge in [0.25, 0.3) is 5.91 Å². The van der Waals surface area contributed by atoms with E-state index in [2.05, 4.69) is 15.0 Å². The van der Waals surface area contributed by atoms with Crippen LogP contribution in [0.2, 0.25) is 0 Å². The number of aliphatic carboxylic acids is 1. The average molecular weight is 267 g/mol. The molecule has 0 fully saturated rings. The maximum absolute atomic E-state index is 11.4. The number of aryl methyl sites for hydroxylation is 1. The van der Waals surface area contributed by atoms with Crippen LogP contribution in [0.25, 0.3) is 0 Å². The second-order valence-corrected chi connectivity index (χ2v) is 3.58. The Hall–Kier alpha value is -2.48. The molecule has 0 aliphatic carbocycles. The van der Waals surface area contributed by atoms with Crippen LogP contribution >= 0.6 is 0 Å². The number of carbonyl (C=O) groups is 3. The van der Waals surface area contributed by atoms with Crippen molar-refractivity contribution in [3.8, 4) is 0 Å². The van der Waals surface area contributed by atoms with Gasteiger partial charge in [0, 0.05) is 5.69 Å². The van der Waals surface area contributed by atoms with Crippen LogP contribution in [-0.4, -0.2) is 41.2 Å². The van der Waals surface area contributed by atoms with Crippen LogP contribution in [0, 0.1) is 6.92 Å². The molecule has 102 valence electrons. The molecule has 19 heavy (non-hydrogen) atoms. The van der Waals surface area contributed by atoms with Gasteiger partial charge < -0.3 is 15.2 Å². The number of aromatic nitrogens is 1. The maximum Gasteiger partial charge on any atom is 0.329 e.